The van der Waals surface area contributed by atoms with Gasteiger partial charge in [0.2, 0.25) is 0 Å². The van der Waals surface area contributed by atoms with Crippen molar-refractivity contribution in [3.05, 3.63) is 53.5 Å². The molecular weight excluding hydrogens is 459 g/mol. The van der Waals surface area contributed by atoms with Crippen molar-refractivity contribution in [2.24, 2.45) is 15.6 Å². The zero-order valence-corrected chi connectivity index (χ0v) is 21.8. The Hall–Kier alpha value is -2.97. The number of aromatic nitrogens is 1. The fraction of sp³-hybridized carbons (Fsp3) is 0.500. The van der Waals surface area contributed by atoms with E-state index < -0.39 is 5.82 Å². The highest BCUT2D eigenvalue weighted by Gasteiger charge is 2.34. The van der Waals surface area contributed by atoms with Gasteiger partial charge in [0, 0.05) is 37.4 Å². The van der Waals surface area contributed by atoms with Crippen LogP contribution in [-0.4, -0.2) is 61.3 Å². The van der Waals surface area contributed by atoms with E-state index >= 15 is 0 Å². The Morgan fingerprint density at radius 1 is 1.28 bits per heavy atom. The highest BCUT2D eigenvalue weighted by molar-refractivity contribution is 5.90. The van der Waals surface area contributed by atoms with Crippen molar-refractivity contribution >= 4 is 18.8 Å². The van der Waals surface area contributed by atoms with Gasteiger partial charge >= 0.3 is 0 Å². The molecular formula is C28H37FN4O3. The summed E-state index contributed by atoms with van der Waals surface area (Å²) < 4.78 is 20.1. The fourth-order valence-corrected chi connectivity index (χ4v) is 4.28. The second kappa shape index (κ2) is 12.3. The average molecular weight is 497 g/mol. The Labute approximate surface area is 213 Å². The molecule has 2 aromatic rings. The molecule has 0 saturated carbocycles. The number of aldehydes is 1. The Morgan fingerprint density at radius 3 is 2.64 bits per heavy atom. The van der Waals surface area contributed by atoms with Gasteiger partial charge in [-0.1, -0.05) is 32.0 Å². The molecule has 1 saturated heterocycles. The molecule has 0 N–H and O–H groups in total. The van der Waals surface area contributed by atoms with Crippen molar-refractivity contribution in [2.45, 2.75) is 58.5 Å². The van der Waals surface area contributed by atoms with Gasteiger partial charge in [0.1, 0.15) is 5.82 Å². The Balaban J connectivity index is 1.56. The van der Waals surface area contributed by atoms with Gasteiger partial charge in [-0.05, 0) is 68.7 Å². The molecule has 1 aliphatic rings. The van der Waals surface area contributed by atoms with E-state index in [1.54, 1.807) is 19.4 Å². The minimum absolute atomic E-state index is 0.0445. The number of aryl methyl sites for hydroxylation is 1. The first-order valence-electron chi connectivity index (χ1n) is 12.4. The third-order valence-electron chi connectivity index (χ3n) is 7.35. The van der Waals surface area contributed by atoms with Gasteiger partial charge in [0.25, 0.3) is 0 Å². The summed E-state index contributed by atoms with van der Waals surface area (Å²) in [5, 5.41) is 4.23. The first kappa shape index (κ1) is 27.6. The molecule has 8 heteroatoms. The summed E-state index contributed by atoms with van der Waals surface area (Å²) in [7, 11) is 1.78. The van der Waals surface area contributed by atoms with Gasteiger partial charge in [0.05, 0.1) is 16.9 Å². The lowest BCUT2D eigenvalue weighted by molar-refractivity contribution is -0.0821. The van der Waals surface area contributed by atoms with E-state index in [2.05, 4.69) is 47.5 Å². The molecule has 1 fully saturated rings. The van der Waals surface area contributed by atoms with Crippen LogP contribution in [0.15, 0.2) is 46.7 Å². The van der Waals surface area contributed by atoms with E-state index in [1.807, 2.05) is 12.1 Å². The van der Waals surface area contributed by atoms with Crippen LogP contribution >= 0.6 is 0 Å². The predicted molar refractivity (Wildman–Crippen MR) is 141 cm³/mol. The first-order chi connectivity index (χ1) is 17.3. The average Bonchev–Trinajstić information content (AvgIpc) is 2.90. The van der Waals surface area contributed by atoms with Gasteiger partial charge in [-0.15, -0.1) is 0 Å². The van der Waals surface area contributed by atoms with E-state index in [1.165, 1.54) is 12.1 Å². The Bertz CT molecular complexity index is 1080. The quantitative estimate of drug-likeness (QED) is 0.177. The summed E-state index contributed by atoms with van der Waals surface area (Å²) in [4.78, 5) is 27.2. The number of nitrogens with zero attached hydrogens (tertiary/aromatic N) is 4. The number of likely N-dealkylation sites (tertiary alicyclic amines) is 1. The minimum Gasteiger partial charge on any atom is -0.378 e. The van der Waals surface area contributed by atoms with Crippen LogP contribution in [0.25, 0.3) is 11.3 Å². The van der Waals surface area contributed by atoms with Crippen molar-refractivity contribution in [3.63, 3.8) is 0 Å². The third kappa shape index (κ3) is 6.83. The van der Waals surface area contributed by atoms with Gasteiger partial charge < -0.3 is 9.57 Å². The number of rotatable bonds is 11. The van der Waals surface area contributed by atoms with Crippen LogP contribution in [0.1, 0.15) is 62.4 Å². The van der Waals surface area contributed by atoms with Crippen LogP contribution in [0.4, 0.5) is 4.39 Å². The van der Waals surface area contributed by atoms with Crippen LogP contribution < -0.4 is 0 Å². The number of amidine groups is 1. The van der Waals surface area contributed by atoms with Crippen molar-refractivity contribution in [1.82, 2.24) is 9.88 Å². The lowest BCUT2D eigenvalue weighted by Crippen LogP contribution is -2.46. The van der Waals surface area contributed by atoms with E-state index in [0.29, 0.717) is 30.1 Å². The van der Waals surface area contributed by atoms with Gasteiger partial charge in [0.15, 0.2) is 18.9 Å². The monoisotopic (exact) mass is 496 g/mol. The number of piperidine rings is 1. The molecule has 1 aromatic heterocycles. The number of carbonyl (C=O) groups excluding carboxylic acids is 1. The number of pyridine rings is 1. The molecule has 0 aliphatic carbocycles. The van der Waals surface area contributed by atoms with Crippen molar-refractivity contribution in [2.75, 3.05) is 26.9 Å². The molecule has 0 amide bonds. The molecule has 3 rings (SSSR count). The predicted octanol–water partition coefficient (Wildman–Crippen LogP) is 5.54. The standard InChI is InChI=1S/C28H37FN4O3/c1-6-27(2,3)26(30-4)32-36-20-33-15-12-28(35-5,13-16-33)11-9-21-10-14-31-25(17-21)22-7-8-23(19-34)24(29)18-22/h7-8,10,14,17-19H,4,6,9,11-13,15-16,20H2,1-3,5H3/b32-26-. The number of carbonyl (C=O) groups is 1. The molecule has 0 unspecified atom stereocenters. The summed E-state index contributed by atoms with van der Waals surface area (Å²) in [6.45, 7) is 12.0. The molecule has 0 atom stereocenters. The molecule has 1 aromatic carbocycles. The second-order valence-corrected chi connectivity index (χ2v) is 9.98. The van der Waals surface area contributed by atoms with Crippen molar-refractivity contribution < 1.29 is 18.8 Å². The number of hydrogen-bond acceptors (Lipinski definition) is 6. The maximum atomic E-state index is 14.1. The molecule has 1 aliphatic heterocycles. The number of aliphatic imine (C=N–C) groups is 1. The maximum absolute atomic E-state index is 14.1. The summed E-state index contributed by atoms with van der Waals surface area (Å²) in [5.74, 6) is 0.0768. The number of halogens is 1. The molecule has 2 heterocycles. The van der Waals surface area contributed by atoms with E-state index in [0.717, 1.165) is 50.8 Å². The summed E-state index contributed by atoms with van der Waals surface area (Å²) in [6.07, 6.45) is 6.62. The van der Waals surface area contributed by atoms with Gasteiger partial charge in [-0.2, -0.15) is 0 Å². The zero-order chi connectivity index (χ0) is 26.2. The number of oxime groups is 1. The van der Waals surface area contributed by atoms with Gasteiger partial charge in [-0.3, -0.25) is 14.7 Å². The number of benzene rings is 1. The Kier molecular flexibility index (Phi) is 9.45. The van der Waals surface area contributed by atoms with Crippen LogP contribution in [0.2, 0.25) is 0 Å². The van der Waals surface area contributed by atoms with Crippen LogP contribution in [0.5, 0.6) is 0 Å². The van der Waals surface area contributed by atoms with E-state index in [9.17, 15) is 9.18 Å². The summed E-state index contributed by atoms with van der Waals surface area (Å²) in [6, 6.07) is 8.50. The molecule has 194 valence electrons. The number of methoxy groups -OCH3 is 1. The zero-order valence-electron chi connectivity index (χ0n) is 21.8. The smallest absolute Gasteiger partial charge is 0.172 e. The van der Waals surface area contributed by atoms with Crippen LogP contribution in [0, 0.1) is 11.2 Å². The fourth-order valence-electron chi connectivity index (χ4n) is 4.28. The normalized spacial score (nSPS) is 16.5. The highest BCUT2D eigenvalue weighted by atomic mass is 19.1. The first-order valence-corrected chi connectivity index (χ1v) is 12.4. The van der Waals surface area contributed by atoms with E-state index in [4.69, 9.17) is 9.57 Å². The lowest BCUT2D eigenvalue weighted by atomic mass is 9.85. The SMILES string of the molecule is C=N/C(=N\OCN1CCC(CCc2ccnc(-c3ccc(C=O)c(F)c3)c2)(OC)CC1)C(C)(C)CC. The molecule has 7 nitrogen and oxygen atoms in total. The van der Waals surface area contributed by atoms with Crippen LogP contribution in [0.3, 0.4) is 0 Å². The number of hydrogen-bond donors (Lipinski definition) is 0. The topological polar surface area (TPSA) is 76.4 Å². The largest absolute Gasteiger partial charge is 0.378 e. The number of ether oxygens (including phenoxy) is 1. The summed E-state index contributed by atoms with van der Waals surface area (Å²) >= 11 is 0. The lowest BCUT2D eigenvalue weighted by Gasteiger charge is -2.40. The molecule has 0 radical (unpaired) electrons. The van der Waals surface area contributed by atoms with Gasteiger partial charge in [-0.25, -0.2) is 9.38 Å². The molecule has 0 bridgehead atoms. The molecule has 36 heavy (non-hydrogen) atoms. The van der Waals surface area contributed by atoms with Crippen molar-refractivity contribution in [1.29, 1.82) is 0 Å². The van der Waals surface area contributed by atoms with Crippen molar-refractivity contribution in [3.8, 4) is 11.3 Å². The summed E-state index contributed by atoms with van der Waals surface area (Å²) in [5.41, 5.74) is 2.10. The maximum Gasteiger partial charge on any atom is 0.172 e. The van der Waals surface area contributed by atoms with Crippen LogP contribution in [-0.2, 0) is 16.0 Å². The Morgan fingerprint density at radius 2 is 2.03 bits per heavy atom. The minimum atomic E-state index is -0.541. The highest BCUT2D eigenvalue weighted by Crippen LogP contribution is 2.31. The second-order valence-electron chi connectivity index (χ2n) is 9.98. The van der Waals surface area contributed by atoms with E-state index in [-0.39, 0.29) is 16.6 Å². The molecule has 0 spiro atoms. The third-order valence-corrected chi connectivity index (χ3v) is 7.35.